The van der Waals surface area contributed by atoms with Gasteiger partial charge in [0.05, 0.1) is 13.2 Å². The highest BCUT2D eigenvalue weighted by Gasteiger charge is 2.19. The van der Waals surface area contributed by atoms with Gasteiger partial charge in [0.25, 0.3) is 5.91 Å². The lowest BCUT2D eigenvalue weighted by Gasteiger charge is -2.30. The molecular formula is C26H27BrN2O3. The van der Waals surface area contributed by atoms with Crippen LogP contribution < -0.4 is 4.74 Å². The van der Waals surface area contributed by atoms with Crippen molar-refractivity contribution in [1.29, 1.82) is 0 Å². The summed E-state index contributed by atoms with van der Waals surface area (Å²) in [5.74, 6) is 1.58. The highest BCUT2D eigenvalue weighted by Crippen LogP contribution is 2.23. The van der Waals surface area contributed by atoms with Crippen molar-refractivity contribution in [1.82, 2.24) is 9.80 Å². The molecule has 0 unspecified atom stereocenters. The smallest absolute Gasteiger partial charge is 0.254 e. The highest BCUT2D eigenvalue weighted by atomic mass is 79.9. The number of ether oxygens (including phenoxy) is 2. The summed E-state index contributed by atoms with van der Waals surface area (Å²) >= 11 is 3.45. The van der Waals surface area contributed by atoms with E-state index in [1.54, 1.807) is 0 Å². The van der Waals surface area contributed by atoms with Crippen LogP contribution in [0.15, 0.2) is 83.3 Å². The van der Waals surface area contributed by atoms with E-state index in [0.717, 1.165) is 54.4 Å². The fraction of sp³-hybridized carbons (Fsp3) is 0.269. The molecule has 3 aromatic rings. The number of amides is 1. The van der Waals surface area contributed by atoms with E-state index >= 15 is 0 Å². The monoisotopic (exact) mass is 494 g/mol. The third-order valence-corrected chi connectivity index (χ3v) is 5.95. The van der Waals surface area contributed by atoms with Crippen molar-refractivity contribution in [3.05, 3.63) is 94.5 Å². The Kier molecular flexibility index (Phi) is 7.93. The summed E-state index contributed by atoms with van der Waals surface area (Å²) in [5, 5.41) is 0. The SMILES string of the molecule is O=C(c1ccc(Br)cc1)N(CCN1CCOCC1)Cc1cccc(Oc2ccccc2)c1. The number of carbonyl (C=O) groups is 1. The molecule has 0 radical (unpaired) electrons. The van der Waals surface area contributed by atoms with Crippen LogP contribution in [0.3, 0.4) is 0 Å². The van der Waals surface area contributed by atoms with Gasteiger partial charge in [-0.3, -0.25) is 9.69 Å². The molecule has 1 heterocycles. The van der Waals surface area contributed by atoms with Crippen molar-refractivity contribution in [2.45, 2.75) is 6.54 Å². The third kappa shape index (κ3) is 6.42. The van der Waals surface area contributed by atoms with E-state index in [1.165, 1.54) is 0 Å². The maximum absolute atomic E-state index is 13.3. The second kappa shape index (κ2) is 11.3. The normalized spacial score (nSPS) is 14.2. The lowest BCUT2D eigenvalue weighted by atomic mass is 10.1. The van der Waals surface area contributed by atoms with Crippen molar-refractivity contribution in [2.24, 2.45) is 0 Å². The average Bonchev–Trinajstić information content (AvgIpc) is 2.83. The van der Waals surface area contributed by atoms with Gasteiger partial charge in [0.15, 0.2) is 0 Å². The van der Waals surface area contributed by atoms with Crippen LogP contribution in [0.1, 0.15) is 15.9 Å². The number of rotatable bonds is 8. The molecule has 32 heavy (non-hydrogen) atoms. The first kappa shape index (κ1) is 22.5. The van der Waals surface area contributed by atoms with Crippen LogP contribution in [0.2, 0.25) is 0 Å². The number of nitrogens with zero attached hydrogens (tertiary/aromatic N) is 2. The summed E-state index contributed by atoms with van der Waals surface area (Å²) in [6.45, 7) is 5.30. The molecule has 166 valence electrons. The van der Waals surface area contributed by atoms with Crippen LogP contribution in [0, 0.1) is 0 Å². The molecule has 4 rings (SSSR count). The van der Waals surface area contributed by atoms with Crippen LogP contribution in [0.4, 0.5) is 0 Å². The Labute approximate surface area is 197 Å². The molecule has 1 amide bonds. The number of para-hydroxylation sites is 1. The van der Waals surface area contributed by atoms with E-state index in [9.17, 15) is 4.79 Å². The lowest BCUT2D eigenvalue weighted by molar-refractivity contribution is 0.0320. The Morgan fingerprint density at radius 3 is 2.41 bits per heavy atom. The van der Waals surface area contributed by atoms with E-state index in [2.05, 4.69) is 20.8 Å². The number of benzene rings is 3. The maximum Gasteiger partial charge on any atom is 0.254 e. The van der Waals surface area contributed by atoms with Crippen LogP contribution in [0.5, 0.6) is 11.5 Å². The van der Waals surface area contributed by atoms with Gasteiger partial charge < -0.3 is 14.4 Å². The number of carbonyl (C=O) groups excluding carboxylic acids is 1. The Hall–Kier alpha value is -2.67. The maximum atomic E-state index is 13.3. The first-order valence-electron chi connectivity index (χ1n) is 10.8. The summed E-state index contributed by atoms with van der Waals surface area (Å²) in [7, 11) is 0. The zero-order valence-electron chi connectivity index (χ0n) is 18.0. The molecule has 0 spiro atoms. The fourth-order valence-electron chi connectivity index (χ4n) is 3.67. The van der Waals surface area contributed by atoms with Crippen LogP contribution in [-0.4, -0.2) is 55.1 Å². The molecule has 0 saturated carbocycles. The minimum absolute atomic E-state index is 0.0279. The van der Waals surface area contributed by atoms with Crippen LogP contribution >= 0.6 is 15.9 Å². The molecule has 1 fully saturated rings. The molecule has 1 aliphatic heterocycles. The molecule has 3 aromatic carbocycles. The quantitative estimate of drug-likeness (QED) is 0.430. The fourth-order valence-corrected chi connectivity index (χ4v) is 3.93. The van der Waals surface area contributed by atoms with Crippen molar-refractivity contribution in [2.75, 3.05) is 39.4 Å². The minimum atomic E-state index is 0.0279. The predicted molar refractivity (Wildman–Crippen MR) is 129 cm³/mol. The Balaban J connectivity index is 1.49. The lowest BCUT2D eigenvalue weighted by Crippen LogP contribution is -2.42. The summed E-state index contributed by atoms with van der Waals surface area (Å²) < 4.78 is 12.4. The average molecular weight is 495 g/mol. The number of halogens is 1. The molecule has 5 nitrogen and oxygen atoms in total. The van der Waals surface area contributed by atoms with Gasteiger partial charge in [0, 0.05) is 42.8 Å². The van der Waals surface area contributed by atoms with E-state index in [0.29, 0.717) is 18.7 Å². The highest BCUT2D eigenvalue weighted by molar-refractivity contribution is 9.10. The molecule has 0 aromatic heterocycles. The van der Waals surface area contributed by atoms with Gasteiger partial charge in [-0.1, -0.05) is 46.3 Å². The van der Waals surface area contributed by atoms with Gasteiger partial charge in [-0.25, -0.2) is 0 Å². The number of hydrogen-bond donors (Lipinski definition) is 0. The van der Waals surface area contributed by atoms with Gasteiger partial charge in [-0.05, 0) is 54.1 Å². The third-order valence-electron chi connectivity index (χ3n) is 5.42. The molecule has 0 aliphatic carbocycles. The van der Waals surface area contributed by atoms with Crippen molar-refractivity contribution < 1.29 is 14.3 Å². The van der Waals surface area contributed by atoms with E-state index in [4.69, 9.17) is 9.47 Å². The van der Waals surface area contributed by atoms with E-state index in [1.807, 2.05) is 83.8 Å². The molecule has 1 aliphatic rings. The molecule has 0 N–H and O–H groups in total. The van der Waals surface area contributed by atoms with Crippen molar-refractivity contribution >= 4 is 21.8 Å². The van der Waals surface area contributed by atoms with Crippen molar-refractivity contribution in [3.8, 4) is 11.5 Å². The summed E-state index contributed by atoms with van der Waals surface area (Å²) in [6.07, 6.45) is 0. The zero-order chi connectivity index (χ0) is 22.2. The van der Waals surface area contributed by atoms with Crippen molar-refractivity contribution in [3.63, 3.8) is 0 Å². The summed E-state index contributed by atoms with van der Waals surface area (Å²) in [6, 6.07) is 25.2. The van der Waals surface area contributed by atoms with Gasteiger partial charge >= 0.3 is 0 Å². The summed E-state index contributed by atoms with van der Waals surface area (Å²) in [4.78, 5) is 17.6. The standard InChI is InChI=1S/C26H27BrN2O3/c27-23-11-9-22(10-12-23)26(30)29(14-13-28-15-17-31-18-16-28)20-21-5-4-8-25(19-21)32-24-6-2-1-3-7-24/h1-12,19H,13-18,20H2. The summed E-state index contributed by atoms with van der Waals surface area (Å²) in [5.41, 5.74) is 1.72. The molecule has 0 bridgehead atoms. The topological polar surface area (TPSA) is 42.0 Å². The van der Waals surface area contributed by atoms with E-state index in [-0.39, 0.29) is 5.91 Å². The van der Waals surface area contributed by atoms with Crippen LogP contribution in [-0.2, 0) is 11.3 Å². The van der Waals surface area contributed by atoms with Crippen LogP contribution in [0.25, 0.3) is 0 Å². The molecule has 0 atom stereocenters. The number of hydrogen-bond acceptors (Lipinski definition) is 4. The van der Waals surface area contributed by atoms with Gasteiger partial charge in [0.1, 0.15) is 11.5 Å². The van der Waals surface area contributed by atoms with Gasteiger partial charge in [-0.15, -0.1) is 0 Å². The van der Waals surface area contributed by atoms with Gasteiger partial charge in [0.2, 0.25) is 0 Å². The number of morpholine rings is 1. The second-order valence-electron chi connectivity index (χ2n) is 7.75. The molecule has 1 saturated heterocycles. The van der Waals surface area contributed by atoms with E-state index < -0.39 is 0 Å². The Morgan fingerprint density at radius 2 is 1.66 bits per heavy atom. The first-order chi connectivity index (χ1) is 15.7. The van der Waals surface area contributed by atoms with Gasteiger partial charge in [-0.2, -0.15) is 0 Å². The molecular weight excluding hydrogens is 468 g/mol. The predicted octanol–water partition coefficient (Wildman–Crippen LogP) is 5.22. The largest absolute Gasteiger partial charge is 0.457 e. The first-order valence-corrected chi connectivity index (χ1v) is 11.6. The minimum Gasteiger partial charge on any atom is -0.457 e. The second-order valence-corrected chi connectivity index (χ2v) is 8.67. The Morgan fingerprint density at radius 1 is 0.938 bits per heavy atom. The molecule has 6 heteroatoms. The Bertz CT molecular complexity index is 1010. The zero-order valence-corrected chi connectivity index (χ0v) is 19.5.